The first-order chi connectivity index (χ1) is 73.2. The minimum Gasteiger partial charge on any atom is -0.497 e. The summed E-state index contributed by atoms with van der Waals surface area (Å²) >= 11 is 0. The number of carbonyl (C=O) groups is 6. The van der Waals surface area contributed by atoms with Crippen molar-refractivity contribution in [1.29, 1.82) is 0 Å². The molecular weight excluding hydrogens is 1900 g/mol. The minimum absolute atomic E-state index is 0.130. The number of benzene rings is 15. The molecule has 6 unspecified atom stereocenters. The third kappa shape index (κ3) is 19.0. The summed E-state index contributed by atoms with van der Waals surface area (Å²) in [5.41, 5.74) is 13.8. The smallest absolute Gasteiger partial charge is 0.307 e. The predicted molar refractivity (Wildman–Crippen MR) is 567 cm³/mol. The van der Waals surface area contributed by atoms with Gasteiger partial charge in [0, 0.05) is 99.6 Å². The second-order valence-electron chi connectivity index (χ2n) is 37.9. The van der Waals surface area contributed by atoms with E-state index < -0.39 is 95.3 Å². The fourth-order valence-corrected chi connectivity index (χ4v) is 21.5. The molecule has 758 valence electrons. The fourth-order valence-electron chi connectivity index (χ4n) is 21.5. The van der Waals surface area contributed by atoms with Crippen LogP contribution in [0.3, 0.4) is 0 Å². The molecule has 0 spiro atoms. The molecule has 0 N–H and O–H groups in total. The Morgan fingerprint density at radius 2 is 0.493 bits per heavy atom. The molecule has 0 saturated heterocycles. The van der Waals surface area contributed by atoms with Crippen LogP contribution in [0.1, 0.15) is 161 Å². The molecule has 150 heavy (non-hydrogen) atoms. The van der Waals surface area contributed by atoms with Gasteiger partial charge in [-0.3, -0.25) is 28.8 Å². The average Bonchev–Trinajstić information content (AvgIpc) is 1.54. The lowest BCUT2D eigenvalue weighted by molar-refractivity contribution is -0.161. The van der Waals surface area contributed by atoms with Gasteiger partial charge in [0.1, 0.15) is 76.2 Å². The van der Waals surface area contributed by atoms with Gasteiger partial charge in [-0.1, -0.05) is 237 Å². The molecule has 6 aliphatic rings. The van der Waals surface area contributed by atoms with E-state index in [-0.39, 0.29) is 71.6 Å². The van der Waals surface area contributed by atoms with Crippen LogP contribution in [-0.4, -0.2) is 136 Å². The summed E-state index contributed by atoms with van der Waals surface area (Å²) in [4.78, 5) is 85.1. The number of esters is 6. The van der Waals surface area contributed by atoms with Crippen LogP contribution in [0.25, 0.3) is 83.9 Å². The van der Waals surface area contributed by atoms with Gasteiger partial charge in [0.25, 0.3) is 0 Å². The van der Waals surface area contributed by atoms with Gasteiger partial charge in [-0.25, -0.2) is 0 Å². The first kappa shape index (κ1) is 99.2. The van der Waals surface area contributed by atoms with Crippen LogP contribution in [0.4, 0.5) is 0 Å². The zero-order valence-corrected chi connectivity index (χ0v) is 84.3. The van der Waals surface area contributed by atoms with Gasteiger partial charge in [-0.2, -0.15) is 0 Å². The van der Waals surface area contributed by atoms with Crippen molar-refractivity contribution in [2.75, 3.05) is 75.7 Å². The molecule has 3 aliphatic heterocycles. The molecular formula is C126H110O24. The Labute approximate surface area is 867 Å². The van der Waals surface area contributed by atoms with Crippen LogP contribution in [0.15, 0.2) is 309 Å². The lowest BCUT2D eigenvalue weighted by Crippen LogP contribution is -2.34. The van der Waals surface area contributed by atoms with Crippen molar-refractivity contribution >= 4 is 86.4 Å². The van der Waals surface area contributed by atoms with E-state index in [0.717, 1.165) is 149 Å². The molecule has 0 fully saturated rings. The Balaban J connectivity index is 0.478. The first-order valence-electron chi connectivity index (χ1n) is 50.2. The standard InChI is InChI=1S/C126H110O24/c1-75(142-106(127)58-61-109(130)145-121-100-31-19-13-25-94(100)112-91-22-10-16-28-97(91)118-103(115(112)121)64-67-124(148-118,78-34-46-84(133-4)47-35-78)79-36-48-85(134-5)49-37-79)70-139-73-90(141-72-77(3)144-108(129)60-63-111(132)147-123-102-33-21-15-27-96(102)114-93-24-12-18-30-99(93)120-105(117(114)123)66-69-126(150-120,82-42-54-88(137-8)55-43-82)83-44-56-89(138-9)57-45-83)74-140-71-76(2)143-107(128)59-62-110(131)146-122-101-32-20-14-26-95(101)113-92-23-11-17-29-98(92)119-104(116(113)122)65-68-125(149-119,80-38-50-86(135-6)51-39-80)81-40-52-87(136-7)53-41-81/h10-57,64-69,75-77,90,121-123H,58-63,70-74H2,1-9H3. The summed E-state index contributed by atoms with van der Waals surface area (Å²) in [6.07, 6.45) is 4.18. The SMILES string of the molecule is COc1ccc(C2(c3ccc(OC)cc3)C=Cc3c4c(c5ccccc5c3O2)-c2ccccc2C4OC(=O)CCC(=O)OC(C)COCC(COCC(C)OC(=O)CCC(=O)OC2c3ccccc3-c3c2c2c(c4ccccc34)OC(c3ccc(OC)cc3)(c3ccc(OC)cc3)C=C2)OCC(C)OC(=O)CCC(=O)OC2c3ccccc3-c3c2c2c(c4ccccc34)OC(c3ccc(OC)cc3)(c3ccc(OC)cc3)C=C2)cc1. The quantitative estimate of drug-likeness (QED) is 0.0257. The minimum atomic E-state index is -1.13. The van der Waals surface area contributed by atoms with Crippen LogP contribution >= 0.6 is 0 Å². The van der Waals surface area contributed by atoms with Crippen molar-refractivity contribution in [2.45, 2.75) is 119 Å². The molecule has 0 bridgehead atoms. The van der Waals surface area contributed by atoms with Crippen molar-refractivity contribution in [3.63, 3.8) is 0 Å². The summed E-state index contributed by atoms with van der Waals surface area (Å²) < 4.78 is 112. The van der Waals surface area contributed by atoms with Crippen molar-refractivity contribution < 1.29 is 114 Å². The molecule has 24 heteroatoms. The van der Waals surface area contributed by atoms with Crippen molar-refractivity contribution in [2.24, 2.45) is 0 Å². The van der Waals surface area contributed by atoms with Gasteiger partial charge >= 0.3 is 35.8 Å². The maximum Gasteiger partial charge on any atom is 0.307 e. The molecule has 0 radical (unpaired) electrons. The van der Waals surface area contributed by atoms with E-state index in [1.807, 2.05) is 328 Å². The predicted octanol–water partition coefficient (Wildman–Crippen LogP) is 24.0. The summed E-state index contributed by atoms with van der Waals surface area (Å²) in [5, 5.41) is 5.26. The van der Waals surface area contributed by atoms with E-state index in [9.17, 15) is 28.8 Å². The zero-order chi connectivity index (χ0) is 103. The topological polar surface area (TPSA) is 269 Å². The molecule has 24 nitrogen and oxygen atoms in total. The number of hydrogen-bond acceptors (Lipinski definition) is 24. The molecule has 21 rings (SSSR count). The molecule has 0 saturated carbocycles. The van der Waals surface area contributed by atoms with Gasteiger partial charge < -0.3 is 85.3 Å². The second kappa shape index (κ2) is 42.6. The highest BCUT2D eigenvalue weighted by Crippen LogP contribution is 2.62. The molecule has 0 amide bonds. The Morgan fingerprint density at radius 3 is 0.747 bits per heavy atom. The maximum atomic E-state index is 14.5. The molecule has 6 atom stereocenters. The lowest BCUT2D eigenvalue weighted by atomic mass is 9.81. The molecule has 15 aromatic carbocycles. The Bertz CT molecular complexity index is 7330. The third-order valence-electron chi connectivity index (χ3n) is 28.6. The normalized spacial score (nSPS) is 16.1. The van der Waals surface area contributed by atoms with Gasteiger partial charge in [-0.15, -0.1) is 0 Å². The molecule has 0 aromatic heterocycles. The summed E-state index contributed by atoms with van der Waals surface area (Å²) in [7, 11) is 9.74. The Morgan fingerprint density at radius 1 is 0.267 bits per heavy atom. The fraction of sp³-hybridized carbons (Fsp3) is 0.238. The summed E-state index contributed by atoms with van der Waals surface area (Å²) in [6, 6.07) is 94.2. The number of methoxy groups -OCH3 is 6. The Kier molecular flexibility index (Phi) is 28.2. The molecule has 3 aliphatic carbocycles. The summed E-state index contributed by atoms with van der Waals surface area (Å²) in [5.74, 6) is 1.92. The summed E-state index contributed by atoms with van der Waals surface area (Å²) in [6.45, 7) is 4.24. The van der Waals surface area contributed by atoms with Gasteiger partial charge in [0.05, 0.1) is 114 Å². The van der Waals surface area contributed by atoms with Crippen LogP contribution in [0.5, 0.6) is 51.7 Å². The van der Waals surface area contributed by atoms with E-state index in [4.69, 9.17) is 85.3 Å². The number of rotatable bonds is 38. The number of ether oxygens (including phenoxy) is 18. The highest BCUT2D eigenvalue weighted by Gasteiger charge is 2.49. The van der Waals surface area contributed by atoms with E-state index in [1.54, 1.807) is 63.4 Å². The molecule has 15 aromatic rings. The number of hydrogen-bond donors (Lipinski definition) is 0. The Hall–Kier alpha value is -16.8. The first-order valence-corrected chi connectivity index (χ1v) is 50.2. The van der Waals surface area contributed by atoms with Crippen molar-refractivity contribution in [1.82, 2.24) is 0 Å². The van der Waals surface area contributed by atoms with Crippen LogP contribution in [-0.2, 0) is 88.2 Å². The highest BCUT2D eigenvalue weighted by molar-refractivity contribution is 6.11. The maximum absolute atomic E-state index is 14.5. The van der Waals surface area contributed by atoms with Crippen LogP contribution in [0, 0.1) is 0 Å². The monoisotopic (exact) mass is 2010 g/mol. The number of carbonyl (C=O) groups excluding carboxylic acids is 6. The second-order valence-corrected chi connectivity index (χ2v) is 37.9. The number of fused-ring (bicyclic) bond motifs is 24. The van der Waals surface area contributed by atoms with Gasteiger partial charge in [-0.05, 0) is 161 Å². The van der Waals surface area contributed by atoms with E-state index in [0.29, 0.717) is 51.7 Å². The highest BCUT2D eigenvalue weighted by atomic mass is 16.6. The average molecular weight is 2010 g/mol. The van der Waals surface area contributed by atoms with Crippen molar-refractivity contribution in [3.05, 3.63) is 393 Å². The van der Waals surface area contributed by atoms with Gasteiger partial charge in [0.15, 0.2) is 35.1 Å². The van der Waals surface area contributed by atoms with Gasteiger partial charge in [0.2, 0.25) is 0 Å². The van der Waals surface area contributed by atoms with Crippen LogP contribution < -0.4 is 42.6 Å². The van der Waals surface area contributed by atoms with Crippen molar-refractivity contribution in [3.8, 4) is 85.1 Å². The largest absolute Gasteiger partial charge is 0.497 e. The zero-order valence-electron chi connectivity index (χ0n) is 84.3. The lowest BCUT2D eigenvalue weighted by Gasteiger charge is -2.37. The van der Waals surface area contributed by atoms with Crippen LogP contribution in [0.2, 0.25) is 0 Å². The van der Waals surface area contributed by atoms with E-state index in [1.165, 1.54) is 0 Å². The third-order valence-corrected chi connectivity index (χ3v) is 28.6. The molecule has 3 heterocycles. The van der Waals surface area contributed by atoms with E-state index >= 15 is 0 Å². The van der Waals surface area contributed by atoms with E-state index in [2.05, 4.69) is 0 Å².